The molecule has 0 aromatic carbocycles. The summed E-state index contributed by atoms with van der Waals surface area (Å²) in [6.07, 6.45) is 3.24. The second-order valence-electron chi connectivity index (χ2n) is 2.75. The van der Waals surface area contributed by atoms with Crippen molar-refractivity contribution in [1.82, 2.24) is 5.73 Å². The third-order valence-corrected chi connectivity index (χ3v) is 1.82. The molecule has 69 valence electrons. The molecule has 0 aliphatic heterocycles. The number of nitrogens with zero attached hydrogens (tertiary/aromatic N) is 1. The molecule has 1 atom stereocenters. The third kappa shape index (κ3) is 2.26. The van der Waals surface area contributed by atoms with Gasteiger partial charge in [-0.05, 0) is 0 Å². The van der Waals surface area contributed by atoms with E-state index in [1.54, 1.807) is 17.0 Å². The van der Waals surface area contributed by atoms with Crippen LogP contribution in [0.3, 0.4) is 0 Å². The molecule has 0 fully saturated rings. The van der Waals surface area contributed by atoms with Gasteiger partial charge in [-0.25, -0.2) is 0 Å². The van der Waals surface area contributed by atoms with Crippen LogP contribution >= 0.6 is 0 Å². The summed E-state index contributed by atoms with van der Waals surface area (Å²) in [4.78, 5) is 10.6. The molecular formula is C9H12N2O2+. The van der Waals surface area contributed by atoms with Crippen molar-refractivity contribution < 1.29 is 14.5 Å². The standard InChI is InChI=1S/C9H12N2O2/c1-2-8(12)11-5-3-7(4-6-11)9(10)13/h3-6,8,10,12H,2H2,1H3/q+1. The molecule has 0 spiro atoms. The summed E-state index contributed by atoms with van der Waals surface area (Å²) < 4.78 is 1.59. The first-order valence-corrected chi connectivity index (χ1v) is 4.10. The molecule has 1 radical (unpaired) electrons. The average Bonchev–Trinajstić information content (AvgIpc) is 2.17. The highest BCUT2D eigenvalue weighted by Gasteiger charge is 2.11. The molecule has 0 bridgehead atoms. The molecular weight excluding hydrogens is 168 g/mol. The van der Waals surface area contributed by atoms with Crippen molar-refractivity contribution in [1.29, 1.82) is 0 Å². The number of rotatable bonds is 3. The molecule has 1 aromatic rings. The molecule has 0 aliphatic carbocycles. The van der Waals surface area contributed by atoms with E-state index in [0.717, 1.165) is 0 Å². The van der Waals surface area contributed by atoms with E-state index in [1.165, 1.54) is 12.1 Å². The molecule has 1 rings (SSSR count). The molecule has 4 heteroatoms. The Hall–Kier alpha value is -1.42. The number of aromatic nitrogens is 1. The number of carbonyl (C=O) groups excluding carboxylic acids is 1. The van der Waals surface area contributed by atoms with Crippen LogP contribution in [0.2, 0.25) is 0 Å². The second kappa shape index (κ2) is 4.00. The lowest BCUT2D eigenvalue weighted by Gasteiger charge is -2.01. The fraction of sp³-hybridized carbons (Fsp3) is 0.333. The SMILES string of the molecule is CCC(O)[n+]1ccc(C([NH])=O)cc1. The number of hydrogen-bond acceptors (Lipinski definition) is 2. The Morgan fingerprint density at radius 3 is 2.54 bits per heavy atom. The van der Waals surface area contributed by atoms with Gasteiger partial charge < -0.3 is 5.11 Å². The summed E-state index contributed by atoms with van der Waals surface area (Å²) in [5.41, 5.74) is 7.16. The highest BCUT2D eigenvalue weighted by atomic mass is 16.3. The van der Waals surface area contributed by atoms with Crippen LogP contribution in [0.15, 0.2) is 24.5 Å². The van der Waals surface area contributed by atoms with Crippen molar-refractivity contribution in [3.8, 4) is 0 Å². The van der Waals surface area contributed by atoms with E-state index in [-0.39, 0.29) is 0 Å². The summed E-state index contributed by atoms with van der Waals surface area (Å²) in [5, 5.41) is 9.39. The van der Waals surface area contributed by atoms with E-state index in [2.05, 4.69) is 0 Å². The first kappa shape index (κ1) is 9.67. The summed E-state index contributed by atoms with van der Waals surface area (Å²) >= 11 is 0. The largest absolute Gasteiger partial charge is 0.337 e. The van der Waals surface area contributed by atoms with E-state index in [9.17, 15) is 9.90 Å². The molecule has 1 amide bonds. The lowest BCUT2D eigenvalue weighted by molar-refractivity contribution is -0.760. The third-order valence-electron chi connectivity index (χ3n) is 1.82. The zero-order chi connectivity index (χ0) is 9.84. The highest BCUT2D eigenvalue weighted by molar-refractivity contribution is 5.91. The van der Waals surface area contributed by atoms with Gasteiger partial charge in [0.2, 0.25) is 0 Å². The summed E-state index contributed by atoms with van der Waals surface area (Å²) in [7, 11) is 0. The van der Waals surface area contributed by atoms with Crippen LogP contribution in [0.1, 0.15) is 29.9 Å². The topological polar surface area (TPSA) is 65.0 Å². The Labute approximate surface area is 76.6 Å². The molecule has 0 saturated heterocycles. The van der Waals surface area contributed by atoms with Gasteiger partial charge in [0, 0.05) is 18.6 Å². The lowest BCUT2D eigenvalue weighted by Crippen LogP contribution is -2.38. The van der Waals surface area contributed by atoms with Gasteiger partial charge in [-0.15, -0.1) is 0 Å². The number of hydrogen-bond donors (Lipinski definition) is 1. The number of aliphatic hydroxyl groups is 1. The minimum Gasteiger partial charge on any atom is -0.337 e. The van der Waals surface area contributed by atoms with Crippen LogP contribution in [0, 0.1) is 0 Å². The normalized spacial score (nSPS) is 12.5. The molecule has 0 saturated carbocycles. The summed E-state index contributed by atoms with van der Waals surface area (Å²) in [6, 6.07) is 3.04. The molecule has 1 heterocycles. The predicted molar refractivity (Wildman–Crippen MR) is 45.6 cm³/mol. The van der Waals surface area contributed by atoms with E-state index in [0.29, 0.717) is 12.0 Å². The Bertz CT molecular complexity index is 295. The fourth-order valence-corrected chi connectivity index (χ4v) is 0.999. The second-order valence-corrected chi connectivity index (χ2v) is 2.75. The van der Waals surface area contributed by atoms with E-state index >= 15 is 0 Å². The smallest absolute Gasteiger partial charge is 0.270 e. The number of aliphatic hydroxyl groups excluding tert-OH is 1. The number of carbonyl (C=O) groups is 1. The molecule has 2 N–H and O–H groups in total. The monoisotopic (exact) mass is 180 g/mol. The van der Waals surface area contributed by atoms with Crippen LogP contribution in [0.5, 0.6) is 0 Å². The Balaban J connectivity index is 2.87. The van der Waals surface area contributed by atoms with Crippen LogP contribution in [-0.4, -0.2) is 11.0 Å². The van der Waals surface area contributed by atoms with Crippen molar-refractivity contribution in [3.63, 3.8) is 0 Å². The van der Waals surface area contributed by atoms with Crippen molar-refractivity contribution in [2.24, 2.45) is 0 Å². The zero-order valence-corrected chi connectivity index (χ0v) is 7.40. The molecule has 1 unspecified atom stereocenters. The van der Waals surface area contributed by atoms with Crippen molar-refractivity contribution >= 4 is 5.91 Å². The van der Waals surface area contributed by atoms with Gasteiger partial charge >= 0.3 is 0 Å². The van der Waals surface area contributed by atoms with Crippen LogP contribution in [0.4, 0.5) is 0 Å². The van der Waals surface area contributed by atoms with Crippen LogP contribution < -0.4 is 10.3 Å². The summed E-state index contributed by atoms with van der Waals surface area (Å²) in [6.45, 7) is 1.86. The maximum absolute atomic E-state index is 10.6. The minimum atomic E-state index is -0.710. The predicted octanol–water partition coefficient (Wildman–Crippen LogP) is 0.298. The van der Waals surface area contributed by atoms with Crippen molar-refractivity contribution in [2.75, 3.05) is 0 Å². The van der Waals surface area contributed by atoms with E-state index in [4.69, 9.17) is 5.73 Å². The Kier molecular flexibility index (Phi) is 2.97. The quantitative estimate of drug-likeness (QED) is 0.680. The Morgan fingerprint density at radius 1 is 1.62 bits per heavy atom. The van der Waals surface area contributed by atoms with Gasteiger partial charge in [-0.2, -0.15) is 4.57 Å². The van der Waals surface area contributed by atoms with Gasteiger partial charge in [-0.3, -0.25) is 10.5 Å². The van der Waals surface area contributed by atoms with E-state index < -0.39 is 12.1 Å². The maximum Gasteiger partial charge on any atom is 0.270 e. The van der Waals surface area contributed by atoms with E-state index in [1.807, 2.05) is 6.92 Å². The highest BCUT2D eigenvalue weighted by Crippen LogP contribution is 1.98. The molecule has 13 heavy (non-hydrogen) atoms. The van der Waals surface area contributed by atoms with Gasteiger partial charge in [-0.1, -0.05) is 6.92 Å². The first-order chi connectivity index (χ1) is 6.15. The number of nitrogens with one attached hydrogen (secondary N) is 1. The van der Waals surface area contributed by atoms with Gasteiger partial charge in [0.15, 0.2) is 12.4 Å². The Morgan fingerprint density at radius 2 is 2.15 bits per heavy atom. The number of pyridine rings is 1. The summed E-state index contributed by atoms with van der Waals surface area (Å²) in [5.74, 6) is -0.710. The molecule has 1 aromatic heterocycles. The molecule has 0 aliphatic rings. The zero-order valence-electron chi connectivity index (χ0n) is 7.40. The van der Waals surface area contributed by atoms with Crippen molar-refractivity contribution in [3.05, 3.63) is 30.1 Å². The first-order valence-electron chi connectivity index (χ1n) is 4.10. The van der Waals surface area contributed by atoms with Crippen LogP contribution in [0.25, 0.3) is 0 Å². The van der Waals surface area contributed by atoms with Gasteiger partial charge in [0.05, 0.1) is 5.56 Å². The number of amides is 1. The average molecular weight is 180 g/mol. The molecule has 4 nitrogen and oxygen atoms in total. The minimum absolute atomic E-state index is 0.333. The fourth-order valence-electron chi connectivity index (χ4n) is 0.999. The lowest BCUT2D eigenvalue weighted by atomic mass is 10.2. The van der Waals surface area contributed by atoms with Crippen molar-refractivity contribution in [2.45, 2.75) is 19.6 Å². The van der Waals surface area contributed by atoms with Gasteiger partial charge in [0.25, 0.3) is 12.1 Å². The van der Waals surface area contributed by atoms with Gasteiger partial charge in [0.1, 0.15) is 0 Å². The van der Waals surface area contributed by atoms with Crippen LogP contribution in [-0.2, 0) is 0 Å². The maximum atomic E-state index is 10.6.